The highest BCUT2D eigenvalue weighted by molar-refractivity contribution is 7.89. The molecule has 0 aliphatic heterocycles. The quantitative estimate of drug-likeness (QED) is 0.599. The van der Waals surface area contributed by atoms with Gasteiger partial charge in [-0.25, -0.2) is 13.6 Å². The van der Waals surface area contributed by atoms with Crippen LogP contribution in [0.5, 0.6) is 0 Å². The molecule has 0 fully saturated rings. The molecule has 5 heteroatoms. The third-order valence-corrected chi connectivity index (χ3v) is 2.81. The molecular formula is C10H11NO2S2. The molecule has 0 spiro atoms. The fraction of sp³-hybridized carbons (Fsp3) is 0.200. The Labute approximate surface area is 95.1 Å². The van der Waals surface area contributed by atoms with E-state index < -0.39 is 10.0 Å². The van der Waals surface area contributed by atoms with E-state index in [9.17, 15) is 8.42 Å². The monoisotopic (exact) mass is 241 g/mol. The first-order valence-corrected chi connectivity index (χ1v) is 6.44. The van der Waals surface area contributed by atoms with Crippen molar-refractivity contribution in [3.05, 3.63) is 29.8 Å². The van der Waals surface area contributed by atoms with Crippen LogP contribution >= 0.6 is 12.6 Å². The zero-order valence-electron chi connectivity index (χ0n) is 7.97. The standard InChI is InChI=1S/C10H11NO2S2/c11-15(12,13)10-6-4-9(5-7-10)3-1-2-8-14/h4-7,14H,2,8H2,(H2,11,12,13). The van der Waals surface area contributed by atoms with Crippen LogP contribution < -0.4 is 5.14 Å². The van der Waals surface area contributed by atoms with Gasteiger partial charge in [-0.1, -0.05) is 11.8 Å². The average molecular weight is 241 g/mol. The zero-order valence-corrected chi connectivity index (χ0v) is 9.68. The molecule has 15 heavy (non-hydrogen) atoms. The van der Waals surface area contributed by atoms with Gasteiger partial charge >= 0.3 is 0 Å². The maximum absolute atomic E-state index is 10.9. The summed E-state index contributed by atoms with van der Waals surface area (Å²) < 4.78 is 21.9. The summed E-state index contributed by atoms with van der Waals surface area (Å²) in [4.78, 5) is 0.0993. The Bertz CT molecular complexity index is 480. The Balaban J connectivity index is 2.88. The zero-order chi connectivity index (χ0) is 11.3. The summed E-state index contributed by atoms with van der Waals surface area (Å²) in [6.07, 6.45) is 0.708. The molecule has 0 aliphatic rings. The van der Waals surface area contributed by atoms with Crippen molar-refractivity contribution in [3.8, 4) is 11.8 Å². The number of hydrogen-bond donors (Lipinski definition) is 2. The summed E-state index contributed by atoms with van der Waals surface area (Å²) in [5.41, 5.74) is 0.768. The molecule has 0 unspecified atom stereocenters. The van der Waals surface area contributed by atoms with Gasteiger partial charge in [0.1, 0.15) is 0 Å². The third kappa shape index (κ3) is 3.96. The minimum absolute atomic E-state index is 0.0993. The smallest absolute Gasteiger partial charge is 0.225 e. The summed E-state index contributed by atoms with van der Waals surface area (Å²) in [5, 5.41) is 4.95. The lowest BCUT2D eigenvalue weighted by atomic mass is 10.2. The van der Waals surface area contributed by atoms with Crippen molar-refractivity contribution < 1.29 is 8.42 Å². The fourth-order valence-corrected chi connectivity index (χ4v) is 1.58. The second kappa shape index (κ2) is 5.21. The summed E-state index contributed by atoms with van der Waals surface area (Å²) in [6, 6.07) is 6.15. The maximum atomic E-state index is 10.9. The van der Waals surface area contributed by atoms with E-state index in [0.717, 1.165) is 5.56 Å². The van der Waals surface area contributed by atoms with E-state index in [-0.39, 0.29) is 4.90 Å². The number of primary sulfonamides is 1. The van der Waals surface area contributed by atoms with Crippen LogP contribution in [0.15, 0.2) is 29.2 Å². The lowest BCUT2D eigenvalue weighted by Crippen LogP contribution is -2.11. The maximum Gasteiger partial charge on any atom is 0.238 e. The van der Waals surface area contributed by atoms with Gasteiger partial charge < -0.3 is 0 Å². The van der Waals surface area contributed by atoms with Crippen molar-refractivity contribution in [3.63, 3.8) is 0 Å². The molecule has 3 nitrogen and oxygen atoms in total. The summed E-state index contributed by atoms with van der Waals surface area (Å²) >= 11 is 4.02. The minimum atomic E-state index is -3.61. The van der Waals surface area contributed by atoms with Crippen LogP contribution in [0.25, 0.3) is 0 Å². The van der Waals surface area contributed by atoms with E-state index in [0.29, 0.717) is 12.2 Å². The number of thiol groups is 1. The molecule has 0 saturated carbocycles. The van der Waals surface area contributed by atoms with Crippen molar-refractivity contribution in [2.45, 2.75) is 11.3 Å². The van der Waals surface area contributed by atoms with Gasteiger partial charge in [0.25, 0.3) is 0 Å². The number of rotatable bonds is 2. The van der Waals surface area contributed by atoms with E-state index in [1.54, 1.807) is 12.1 Å². The number of hydrogen-bond acceptors (Lipinski definition) is 3. The topological polar surface area (TPSA) is 60.2 Å². The van der Waals surface area contributed by atoms with E-state index in [4.69, 9.17) is 5.14 Å². The molecule has 1 aromatic rings. The predicted octanol–water partition coefficient (Wildman–Crippen LogP) is 1.01. The normalized spacial score (nSPS) is 10.5. The molecule has 0 bridgehead atoms. The molecule has 0 aliphatic carbocycles. The van der Waals surface area contributed by atoms with E-state index >= 15 is 0 Å². The molecular weight excluding hydrogens is 230 g/mol. The first-order chi connectivity index (χ1) is 7.04. The summed E-state index contributed by atoms with van der Waals surface area (Å²) in [5.74, 6) is 6.50. The van der Waals surface area contributed by atoms with Crippen molar-refractivity contribution in [2.75, 3.05) is 5.75 Å². The first kappa shape index (κ1) is 12.1. The van der Waals surface area contributed by atoms with Crippen LogP contribution in [-0.2, 0) is 10.0 Å². The van der Waals surface area contributed by atoms with Crippen LogP contribution in [0.2, 0.25) is 0 Å². The van der Waals surface area contributed by atoms with Gasteiger partial charge in [0, 0.05) is 17.7 Å². The molecule has 0 atom stereocenters. The van der Waals surface area contributed by atoms with E-state index in [1.807, 2.05) is 0 Å². The van der Waals surface area contributed by atoms with Crippen molar-refractivity contribution in [2.24, 2.45) is 5.14 Å². The van der Waals surface area contributed by atoms with Crippen molar-refractivity contribution in [1.29, 1.82) is 0 Å². The van der Waals surface area contributed by atoms with Gasteiger partial charge in [-0.3, -0.25) is 0 Å². The van der Waals surface area contributed by atoms with Gasteiger partial charge in [0.15, 0.2) is 0 Å². The molecule has 0 amide bonds. The Morgan fingerprint density at radius 3 is 2.33 bits per heavy atom. The second-order valence-corrected chi connectivity index (χ2v) is 4.85. The lowest BCUT2D eigenvalue weighted by molar-refractivity contribution is 0.598. The molecule has 1 aromatic carbocycles. The Kier molecular flexibility index (Phi) is 4.21. The predicted molar refractivity (Wildman–Crippen MR) is 63.2 cm³/mol. The number of nitrogens with two attached hydrogens (primary N) is 1. The largest absolute Gasteiger partial charge is 0.238 e. The second-order valence-electron chi connectivity index (χ2n) is 2.84. The van der Waals surface area contributed by atoms with Crippen molar-refractivity contribution in [1.82, 2.24) is 0 Å². The third-order valence-electron chi connectivity index (χ3n) is 1.65. The highest BCUT2D eigenvalue weighted by Gasteiger charge is 2.05. The van der Waals surface area contributed by atoms with Gasteiger partial charge in [0.2, 0.25) is 10.0 Å². The van der Waals surface area contributed by atoms with E-state index in [1.165, 1.54) is 12.1 Å². The van der Waals surface area contributed by atoms with Gasteiger partial charge in [-0.2, -0.15) is 12.6 Å². The molecule has 0 heterocycles. The van der Waals surface area contributed by atoms with Gasteiger partial charge in [-0.05, 0) is 24.3 Å². The number of benzene rings is 1. The first-order valence-electron chi connectivity index (χ1n) is 4.26. The summed E-state index contributed by atoms with van der Waals surface area (Å²) in [7, 11) is -3.61. The van der Waals surface area contributed by atoms with Crippen LogP contribution in [0.4, 0.5) is 0 Å². The van der Waals surface area contributed by atoms with Crippen LogP contribution in [-0.4, -0.2) is 14.2 Å². The molecule has 0 saturated heterocycles. The SMILES string of the molecule is NS(=O)(=O)c1ccc(C#CCCS)cc1. The van der Waals surface area contributed by atoms with Crippen molar-refractivity contribution >= 4 is 22.7 Å². The molecule has 2 N–H and O–H groups in total. The Morgan fingerprint density at radius 1 is 1.27 bits per heavy atom. The Hall–Kier alpha value is -0.960. The molecule has 1 rings (SSSR count). The van der Waals surface area contributed by atoms with Crippen LogP contribution in [0.3, 0.4) is 0 Å². The molecule has 0 aromatic heterocycles. The van der Waals surface area contributed by atoms with Crippen LogP contribution in [0.1, 0.15) is 12.0 Å². The lowest BCUT2D eigenvalue weighted by Gasteiger charge is -1.96. The average Bonchev–Trinajstić information content (AvgIpc) is 2.18. The highest BCUT2D eigenvalue weighted by atomic mass is 32.2. The molecule has 0 radical (unpaired) electrons. The van der Waals surface area contributed by atoms with Crippen LogP contribution in [0, 0.1) is 11.8 Å². The van der Waals surface area contributed by atoms with E-state index in [2.05, 4.69) is 24.5 Å². The highest BCUT2D eigenvalue weighted by Crippen LogP contribution is 2.07. The molecule has 80 valence electrons. The summed E-state index contributed by atoms with van der Waals surface area (Å²) in [6.45, 7) is 0. The Morgan fingerprint density at radius 2 is 1.87 bits per heavy atom. The minimum Gasteiger partial charge on any atom is -0.225 e. The fourth-order valence-electron chi connectivity index (χ4n) is 0.948. The number of sulfonamides is 1. The van der Waals surface area contributed by atoms with Gasteiger partial charge in [0.05, 0.1) is 4.90 Å². The van der Waals surface area contributed by atoms with Gasteiger partial charge in [-0.15, -0.1) is 0 Å².